The Balaban J connectivity index is 0.763. The SMILES string of the molecule is CCCCCCCCCCCC(OC(=O)c1ccc(-c2cc(C)c(O)c(CN(C)Cc3cc(-c4ccc(C(=O)OC(CCCCCCCCCCC)Oc5ccc(-c6ccc(C#N)cc6)cc5)cc4)cc(CN(C)Cc4cc(-c5ccc(C(=O)OC(CCCCCCCCCCC)Oc6ccc(-c7ccc(C#N)cc7)cc6)cc5)cc(C)c4O)c3O)c2)cc1)Oc1ccc(-c2ccc(C#N)cc2)cc1. The molecule has 17 heteroatoms. The zero-order valence-corrected chi connectivity index (χ0v) is 82.3. The summed E-state index contributed by atoms with van der Waals surface area (Å²) in [6.07, 6.45) is 29.7. The number of nitrogens with zero attached hydrogens (tertiary/aromatic N) is 5. The number of carbonyl (C=O) groups excluding carboxylic acids is 3. The number of carbonyl (C=O) groups is 3. The number of benzene rings is 12. The maximum Gasteiger partial charge on any atom is 0.341 e. The number of hydrogen-bond donors (Lipinski definition) is 3. The molecule has 0 radical (unpaired) electrons. The molecule has 0 aliphatic heterocycles. The van der Waals surface area contributed by atoms with Crippen LogP contribution in [0.25, 0.3) is 66.8 Å². The van der Waals surface area contributed by atoms with Crippen LogP contribution in [0.3, 0.4) is 0 Å². The maximum absolute atomic E-state index is 14.4. The first kappa shape index (κ1) is 104. The van der Waals surface area contributed by atoms with E-state index in [-0.39, 0.29) is 43.4 Å². The van der Waals surface area contributed by atoms with Crippen molar-refractivity contribution in [1.82, 2.24) is 9.80 Å². The number of hydrogen-bond acceptors (Lipinski definition) is 17. The molecule has 12 rings (SSSR count). The maximum atomic E-state index is 14.4. The summed E-state index contributed by atoms with van der Waals surface area (Å²) in [4.78, 5) is 46.9. The van der Waals surface area contributed by atoms with Gasteiger partial charge in [0.25, 0.3) is 0 Å². The number of aryl methyl sites for hydroxylation is 2. The van der Waals surface area contributed by atoms with Crippen molar-refractivity contribution in [3.8, 4) is 119 Å². The van der Waals surface area contributed by atoms with Crippen molar-refractivity contribution in [2.24, 2.45) is 0 Å². The van der Waals surface area contributed by atoms with Crippen molar-refractivity contribution in [2.75, 3.05) is 14.1 Å². The Morgan fingerprint density at radius 3 is 0.691 bits per heavy atom. The van der Waals surface area contributed by atoms with E-state index in [2.05, 4.69) is 39.0 Å². The number of rotatable bonds is 56. The Morgan fingerprint density at radius 1 is 0.266 bits per heavy atom. The van der Waals surface area contributed by atoms with Gasteiger partial charge in [-0.25, -0.2) is 14.4 Å². The van der Waals surface area contributed by atoms with E-state index < -0.39 is 36.8 Å². The zero-order chi connectivity index (χ0) is 98.0. The predicted octanol–water partition coefficient (Wildman–Crippen LogP) is 30.7. The van der Waals surface area contributed by atoms with Gasteiger partial charge in [0.05, 0.1) is 51.6 Å². The Hall–Kier alpha value is -13.8. The number of aromatic hydroxyl groups is 3. The lowest BCUT2D eigenvalue weighted by Crippen LogP contribution is -2.24. The minimum atomic E-state index is -0.871. The summed E-state index contributed by atoms with van der Waals surface area (Å²) in [6.45, 7) is 11.4. The highest BCUT2D eigenvalue weighted by Crippen LogP contribution is 2.39. The number of esters is 3. The van der Waals surface area contributed by atoms with Gasteiger partial charge in [0.1, 0.15) is 34.5 Å². The van der Waals surface area contributed by atoms with Gasteiger partial charge in [-0.15, -0.1) is 0 Å². The molecule has 3 unspecified atom stereocenters. The van der Waals surface area contributed by atoms with Crippen LogP contribution in [0, 0.1) is 47.8 Å². The Labute approximate surface area is 824 Å². The molecule has 139 heavy (non-hydrogen) atoms. The monoisotopic (exact) mass is 1860 g/mol. The number of nitriles is 3. The first-order valence-corrected chi connectivity index (χ1v) is 50.4. The fraction of sp³-hybridized carbons (Fsp3) is 0.361. The summed E-state index contributed by atoms with van der Waals surface area (Å²) in [6, 6.07) is 85.2. The molecule has 3 N–H and O–H groups in total. The summed E-state index contributed by atoms with van der Waals surface area (Å²) < 4.78 is 38.1. The molecule has 12 aromatic carbocycles. The largest absolute Gasteiger partial charge is 0.507 e. The van der Waals surface area contributed by atoms with Crippen molar-refractivity contribution >= 4 is 17.9 Å². The van der Waals surface area contributed by atoms with E-state index in [4.69, 9.17) is 28.4 Å². The molecule has 17 nitrogen and oxygen atoms in total. The van der Waals surface area contributed by atoms with E-state index in [1.165, 1.54) is 109 Å². The summed E-state index contributed by atoms with van der Waals surface area (Å²) in [5, 5.41) is 64.7. The third kappa shape index (κ3) is 32.4. The Kier molecular flexibility index (Phi) is 41.2. The van der Waals surface area contributed by atoms with Gasteiger partial charge in [-0.3, -0.25) is 9.80 Å². The first-order chi connectivity index (χ1) is 67.7. The van der Waals surface area contributed by atoms with E-state index in [0.717, 1.165) is 131 Å². The van der Waals surface area contributed by atoms with E-state index in [9.17, 15) is 45.5 Å². The van der Waals surface area contributed by atoms with Gasteiger partial charge in [-0.1, -0.05) is 284 Å². The number of unbranched alkanes of at least 4 members (excludes halogenated alkanes) is 24. The van der Waals surface area contributed by atoms with Crippen LogP contribution in [0.1, 0.15) is 295 Å². The second-order valence-corrected chi connectivity index (χ2v) is 37.2. The highest BCUT2D eigenvalue weighted by atomic mass is 16.7. The van der Waals surface area contributed by atoms with Gasteiger partial charge >= 0.3 is 17.9 Å². The molecular formula is C122H137N5O12. The van der Waals surface area contributed by atoms with Gasteiger partial charge in [-0.2, -0.15) is 15.8 Å². The van der Waals surface area contributed by atoms with Gasteiger partial charge in [0, 0.05) is 67.7 Å². The molecular weight excluding hydrogens is 1730 g/mol. The van der Waals surface area contributed by atoms with Crippen LogP contribution in [0.4, 0.5) is 0 Å². The molecule has 0 aliphatic carbocycles. The number of ether oxygens (including phenoxy) is 6. The van der Waals surface area contributed by atoms with Crippen molar-refractivity contribution in [1.29, 1.82) is 15.8 Å². The summed E-state index contributed by atoms with van der Waals surface area (Å²) in [5.41, 5.74) is 17.2. The van der Waals surface area contributed by atoms with Crippen LogP contribution in [-0.2, 0) is 40.4 Å². The summed E-state index contributed by atoms with van der Waals surface area (Å²) in [5.74, 6) is 0.457. The van der Waals surface area contributed by atoms with E-state index >= 15 is 0 Å². The standard InChI is InChI=1S/C122H137N5O12/c1-8-11-14-17-20-23-26-29-32-35-114(134-111-68-62-95(63-69-111)92-44-38-89(80-123)39-45-92)137-120(131)101-56-50-98(51-57-101)104-74-87(4)117(128)107(76-104)83-126(6)85-109-78-106(100-54-60-103(61-55-100)122(133)139-116(37-34-31-28-25-22-19-16-13-10-3)136-113-72-66-97(67-73-113)94-48-42-91(82-125)43-49-94)79-110(119(109)130)86-127(7)84-108-77-105(75-88(5)118(108)129)99-52-58-102(59-53-99)121(132)138-115(36-33-30-27-24-21-18-15-12-9-2)135-112-70-64-96(65-71-112)93-46-40-90(81-124)41-47-93/h38-79,114-116,128-130H,8-37,83-86H2,1-7H3. The quantitative estimate of drug-likeness (QED) is 0.0139. The Morgan fingerprint density at radius 2 is 0.460 bits per heavy atom. The average molecular weight is 1870 g/mol. The molecule has 0 aliphatic rings. The molecule has 0 saturated heterocycles. The molecule has 0 amide bonds. The second kappa shape index (κ2) is 55.0. The van der Waals surface area contributed by atoms with Crippen LogP contribution < -0.4 is 14.2 Å². The fourth-order valence-electron chi connectivity index (χ4n) is 17.8. The summed E-state index contributed by atoms with van der Waals surface area (Å²) in [7, 11) is 3.87. The van der Waals surface area contributed by atoms with Crippen LogP contribution >= 0.6 is 0 Å². The second-order valence-electron chi connectivity index (χ2n) is 37.2. The van der Waals surface area contributed by atoms with E-state index in [1.807, 2.05) is 220 Å². The minimum Gasteiger partial charge on any atom is -0.507 e. The smallest absolute Gasteiger partial charge is 0.341 e. The van der Waals surface area contributed by atoms with Crippen molar-refractivity contribution in [2.45, 2.75) is 272 Å². The van der Waals surface area contributed by atoms with Crippen molar-refractivity contribution in [3.05, 3.63) is 322 Å². The van der Waals surface area contributed by atoms with Crippen molar-refractivity contribution < 1.29 is 58.1 Å². The minimum absolute atomic E-state index is 0.0670. The van der Waals surface area contributed by atoms with Gasteiger partial charge in [-0.05, 0) is 271 Å². The fourth-order valence-corrected chi connectivity index (χ4v) is 17.8. The average Bonchev–Trinajstić information content (AvgIpc) is 0.801. The number of phenols is 3. The van der Waals surface area contributed by atoms with Crippen LogP contribution in [0.2, 0.25) is 0 Å². The molecule has 722 valence electrons. The van der Waals surface area contributed by atoms with Gasteiger partial charge in [0.15, 0.2) is 0 Å². The molecule has 12 aromatic rings. The highest BCUT2D eigenvalue weighted by Gasteiger charge is 2.26. The lowest BCUT2D eigenvalue weighted by Gasteiger charge is -2.24. The normalized spacial score (nSPS) is 11.9. The Bertz CT molecular complexity index is 5730. The molecule has 0 spiro atoms. The van der Waals surface area contributed by atoms with E-state index in [0.29, 0.717) is 103 Å². The van der Waals surface area contributed by atoms with Gasteiger partial charge < -0.3 is 43.7 Å². The molecule has 0 fully saturated rings. The lowest BCUT2D eigenvalue weighted by atomic mass is 9.96. The zero-order valence-electron chi connectivity index (χ0n) is 82.3. The van der Waals surface area contributed by atoms with Crippen LogP contribution in [0.5, 0.6) is 34.5 Å². The molecule has 0 heterocycles. The number of phenolic OH excluding ortho intramolecular Hbond substituents is 3. The topological polar surface area (TPSA) is 245 Å². The molecule has 0 saturated carbocycles. The third-order valence-electron chi connectivity index (χ3n) is 25.9. The highest BCUT2D eigenvalue weighted by molar-refractivity contribution is 5.92. The van der Waals surface area contributed by atoms with Crippen molar-refractivity contribution in [3.63, 3.8) is 0 Å². The predicted molar refractivity (Wildman–Crippen MR) is 555 cm³/mol. The van der Waals surface area contributed by atoms with Crippen LogP contribution in [-0.4, -0.2) is 76.0 Å². The van der Waals surface area contributed by atoms with E-state index in [1.54, 1.807) is 72.8 Å². The van der Waals surface area contributed by atoms with Gasteiger partial charge in [0.2, 0.25) is 18.9 Å². The third-order valence-corrected chi connectivity index (χ3v) is 25.9. The summed E-state index contributed by atoms with van der Waals surface area (Å²) >= 11 is 0. The first-order valence-electron chi connectivity index (χ1n) is 50.4. The molecule has 0 aromatic heterocycles. The molecule has 3 atom stereocenters. The lowest BCUT2D eigenvalue weighted by molar-refractivity contribution is -0.0542. The molecule has 0 bridgehead atoms. The van der Waals surface area contributed by atoms with Crippen LogP contribution in [0.15, 0.2) is 255 Å².